The highest BCUT2D eigenvalue weighted by Crippen LogP contribution is 2.26. The quantitative estimate of drug-likeness (QED) is 0.659. The fourth-order valence-corrected chi connectivity index (χ4v) is 3.88. The Morgan fingerprint density at radius 3 is 2.75 bits per heavy atom. The van der Waals surface area contributed by atoms with Crippen molar-refractivity contribution in [2.75, 3.05) is 18.0 Å². The second-order valence-corrected chi connectivity index (χ2v) is 7.89. The van der Waals surface area contributed by atoms with E-state index < -0.39 is 12.1 Å². The van der Waals surface area contributed by atoms with Crippen LogP contribution in [0.15, 0.2) is 48.7 Å². The summed E-state index contributed by atoms with van der Waals surface area (Å²) in [5.41, 5.74) is 3.57. The summed E-state index contributed by atoms with van der Waals surface area (Å²) in [4.78, 5) is 23.3. The van der Waals surface area contributed by atoms with Gasteiger partial charge in [0.25, 0.3) is 5.91 Å². The number of carbonyl (C=O) groups is 1. The topological polar surface area (TPSA) is 102 Å². The van der Waals surface area contributed by atoms with Crippen LogP contribution >= 0.6 is 0 Å². The van der Waals surface area contributed by atoms with Crippen molar-refractivity contribution >= 4 is 11.7 Å². The van der Waals surface area contributed by atoms with Crippen LogP contribution in [0.3, 0.4) is 0 Å². The second-order valence-electron chi connectivity index (χ2n) is 7.89. The zero-order chi connectivity index (χ0) is 22.8. The van der Waals surface area contributed by atoms with E-state index in [0.29, 0.717) is 34.7 Å². The SMILES string of the molecule is Cc1cc(C)c(C#N)c(N2C[C@@H](O)[C@H](NC(=O)c3ccc(-c4cccc(F)c4)nc3)C2)n1. The fourth-order valence-electron chi connectivity index (χ4n) is 3.88. The standard InChI is InChI=1S/C24H22FN5O2/c1-14-8-15(2)28-23(19(14)10-26)30-12-21(22(31)13-30)29-24(32)17-6-7-20(27-11-17)16-4-3-5-18(25)9-16/h3-9,11,21-22,31H,12-13H2,1-2H3,(H,29,32)/t21-,22-/m1/s1. The molecule has 162 valence electrons. The van der Waals surface area contributed by atoms with E-state index in [-0.39, 0.29) is 18.3 Å². The van der Waals surface area contributed by atoms with Gasteiger partial charge in [-0.25, -0.2) is 9.37 Å². The van der Waals surface area contributed by atoms with Crippen LogP contribution in [0.4, 0.5) is 10.2 Å². The lowest BCUT2D eigenvalue weighted by Crippen LogP contribution is -2.42. The molecule has 0 spiro atoms. The van der Waals surface area contributed by atoms with Gasteiger partial charge in [0.1, 0.15) is 17.7 Å². The number of halogens is 1. The molecule has 0 saturated carbocycles. The van der Waals surface area contributed by atoms with Crippen LogP contribution in [0, 0.1) is 31.0 Å². The zero-order valence-corrected chi connectivity index (χ0v) is 17.7. The van der Waals surface area contributed by atoms with Crippen molar-refractivity contribution in [1.82, 2.24) is 15.3 Å². The number of β-amino-alcohol motifs (C(OH)–C–C–N with tert-alkyl or cyclic N) is 1. The van der Waals surface area contributed by atoms with E-state index in [1.54, 1.807) is 24.3 Å². The number of anilines is 1. The molecule has 1 saturated heterocycles. The van der Waals surface area contributed by atoms with Gasteiger partial charge in [-0.15, -0.1) is 0 Å². The van der Waals surface area contributed by atoms with Crippen molar-refractivity contribution in [1.29, 1.82) is 5.26 Å². The predicted molar refractivity (Wildman–Crippen MR) is 118 cm³/mol. The molecule has 0 bridgehead atoms. The number of nitriles is 1. The number of amides is 1. The molecule has 3 heterocycles. The first kappa shape index (κ1) is 21.4. The highest BCUT2D eigenvalue weighted by molar-refractivity contribution is 5.94. The Labute approximate surface area is 185 Å². The lowest BCUT2D eigenvalue weighted by Gasteiger charge is -2.20. The Morgan fingerprint density at radius 1 is 1.25 bits per heavy atom. The number of aryl methyl sites for hydroxylation is 2. The van der Waals surface area contributed by atoms with Crippen molar-refractivity contribution in [3.63, 3.8) is 0 Å². The lowest BCUT2D eigenvalue weighted by molar-refractivity contribution is 0.0888. The summed E-state index contributed by atoms with van der Waals surface area (Å²) in [6.07, 6.45) is 0.612. The number of pyridine rings is 2. The average molecular weight is 431 g/mol. The van der Waals surface area contributed by atoms with Crippen LogP contribution in [0.25, 0.3) is 11.3 Å². The fraction of sp³-hybridized carbons (Fsp3) is 0.250. The summed E-state index contributed by atoms with van der Waals surface area (Å²) in [5, 5.41) is 22.9. The van der Waals surface area contributed by atoms with Gasteiger partial charge in [-0.1, -0.05) is 12.1 Å². The van der Waals surface area contributed by atoms with Gasteiger partial charge in [-0.2, -0.15) is 5.26 Å². The third kappa shape index (κ3) is 4.29. The molecule has 2 N–H and O–H groups in total. The van der Waals surface area contributed by atoms with Gasteiger partial charge in [-0.3, -0.25) is 9.78 Å². The van der Waals surface area contributed by atoms with Crippen LogP contribution in [0.1, 0.15) is 27.2 Å². The van der Waals surface area contributed by atoms with Gasteiger partial charge in [0.05, 0.1) is 29.0 Å². The molecule has 4 rings (SSSR count). The number of rotatable bonds is 4. The molecule has 0 radical (unpaired) electrons. The minimum Gasteiger partial charge on any atom is -0.389 e. The average Bonchev–Trinajstić information content (AvgIpc) is 3.13. The zero-order valence-electron chi connectivity index (χ0n) is 17.7. The second kappa shape index (κ2) is 8.73. The van der Waals surface area contributed by atoms with E-state index in [1.807, 2.05) is 24.8 Å². The molecule has 1 aliphatic rings. The smallest absolute Gasteiger partial charge is 0.253 e. The van der Waals surface area contributed by atoms with Crippen molar-refractivity contribution in [2.45, 2.75) is 26.0 Å². The molecule has 1 fully saturated rings. The summed E-state index contributed by atoms with van der Waals surface area (Å²) in [6, 6.07) is 12.8. The van der Waals surface area contributed by atoms with E-state index in [2.05, 4.69) is 21.4 Å². The molecule has 1 aromatic carbocycles. The third-order valence-electron chi connectivity index (χ3n) is 5.49. The van der Waals surface area contributed by atoms with E-state index in [4.69, 9.17) is 0 Å². The third-order valence-corrected chi connectivity index (χ3v) is 5.49. The summed E-state index contributed by atoms with van der Waals surface area (Å²) in [5.74, 6) is -0.214. The maximum absolute atomic E-state index is 13.4. The van der Waals surface area contributed by atoms with Gasteiger partial charge in [0.15, 0.2) is 0 Å². The number of aliphatic hydroxyl groups excluding tert-OH is 1. The molecular weight excluding hydrogens is 409 g/mol. The van der Waals surface area contributed by atoms with Crippen LogP contribution in [0.2, 0.25) is 0 Å². The van der Waals surface area contributed by atoms with Gasteiger partial charge < -0.3 is 15.3 Å². The van der Waals surface area contributed by atoms with Crippen LogP contribution in [-0.2, 0) is 0 Å². The van der Waals surface area contributed by atoms with Crippen molar-refractivity contribution < 1.29 is 14.3 Å². The molecule has 2 atom stereocenters. The van der Waals surface area contributed by atoms with Crippen LogP contribution in [0.5, 0.6) is 0 Å². The van der Waals surface area contributed by atoms with Gasteiger partial charge >= 0.3 is 0 Å². The van der Waals surface area contributed by atoms with E-state index in [1.165, 1.54) is 18.3 Å². The number of carbonyl (C=O) groups excluding carboxylic acids is 1. The largest absolute Gasteiger partial charge is 0.389 e. The van der Waals surface area contributed by atoms with E-state index >= 15 is 0 Å². The minimum absolute atomic E-state index is 0.256. The molecule has 2 aromatic heterocycles. The Bertz CT molecular complexity index is 1210. The van der Waals surface area contributed by atoms with Gasteiger partial charge in [0.2, 0.25) is 0 Å². The van der Waals surface area contributed by atoms with Gasteiger partial charge in [0, 0.05) is 30.5 Å². The number of hydrogen-bond donors (Lipinski definition) is 2. The molecule has 0 aliphatic carbocycles. The number of nitrogens with zero attached hydrogens (tertiary/aromatic N) is 4. The number of hydrogen-bond acceptors (Lipinski definition) is 6. The van der Waals surface area contributed by atoms with Crippen molar-refractivity contribution in [3.8, 4) is 17.3 Å². The molecule has 3 aromatic rings. The maximum Gasteiger partial charge on any atom is 0.253 e. The minimum atomic E-state index is -0.812. The first-order chi connectivity index (χ1) is 15.4. The van der Waals surface area contributed by atoms with Crippen LogP contribution < -0.4 is 10.2 Å². The summed E-state index contributed by atoms with van der Waals surface area (Å²) in [6.45, 7) is 4.28. The molecule has 8 heteroatoms. The van der Waals surface area contributed by atoms with E-state index in [9.17, 15) is 19.6 Å². The summed E-state index contributed by atoms with van der Waals surface area (Å²) >= 11 is 0. The van der Waals surface area contributed by atoms with Gasteiger partial charge in [-0.05, 0) is 49.7 Å². The lowest BCUT2D eigenvalue weighted by atomic mass is 10.1. The number of aromatic nitrogens is 2. The first-order valence-corrected chi connectivity index (χ1v) is 10.2. The van der Waals surface area contributed by atoms with Crippen molar-refractivity contribution in [3.05, 3.63) is 76.9 Å². The van der Waals surface area contributed by atoms with E-state index in [0.717, 1.165) is 11.3 Å². The Hall–Kier alpha value is -3.83. The molecule has 7 nitrogen and oxygen atoms in total. The molecule has 0 unspecified atom stereocenters. The number of benzene rings is 1. The first-order valence-electron chi connectivity index (χ1n) is 10.2. The normalized spacial score (nSPS) is 17.8. The maximum atomic E-state index is 13.4. The van der Waals surface area contributed by atoms with Crippen molar-refractivity contribution in [2.24, 2.45) is 0 Å². The molecular formula is C24H22FN5O2. The molecule has 1 amide bonds. The summed E-state index contributed by atoms with van der Waals surface area (Å²) < 4.78 is 13.4. The predicted octanol–water partition coefficient (Wildman–Crippen LogP) is 2.75. The Kier molecular flexibility index (Phi) is 5.84. The number of nitrogens with one attached hydrogen (secondary N) is 1. The highest BCUT2D eigenvalue weighted by Gasteiger charge is 2.34. The van der Waals surface area contributed by atoms with Crippen LogP contribution in [-0.4, -0.2) is 46.2 Å². The molecule has 1 aliphatic heterocycles. The number of aliphatic hydroxyl groups is 1. The Balaban J connectivity index is 1.47. The highest BCUT2D eigenvalue weighted by atomic mass is 19.1. The monoisotopic (exact) mass is 431 g/mol. The Morgan fingerprint density at radius 2 is 2.06 bits per heavy atom. The summed E-state index contributed by atoms with van der Waals surface area (Å²) in [7, 11) is 0. The molecule has 32 heavy (non-hydrogen) atoms.